The quantitative estimate of drug-likeness (QED) is 0.617. The Kier molecular flexibility index (Phi) is 6.08. The van der Waals surface area contributed by atoms with Crippen LogP contribution in [0.25, 0.3) is 0 Å². The van der Waals surface area contributed by atoms with Crippen LogP contribution >= 0.6 is 11.6 Å². The van der Waals surface area contributed by atoms with Crippen LogP contribution in [-0.4, -0.2) is 28.7 Å². The van der Waals surface area contributed by atoms with E-state index in [0.717, 1.165) is 17.5 Å². The van der Waals surface area contributed by atoms with Crippen molar-refractivity contribution in [3.63, 3.8) is 0 Å². The number of alkyl halides is 1. The number of methoxy groups -OCH3 is 1. The summed E-state index contributed by atoms with van der Waals surface area (Å²) in [6, 6.07) is 5.04. The van der Waals surface area contributed by atoms with E-state index in [-0.39, 0.29) is 11.4 Å². The highest BCUT2D eigenvalue weighted by Crippen LogP contribution is 2.18. The number of benzene rings is 1. The molecule has 0 aliphatic heterocycles. The maximum Gasteiger partial charge on any atom is 0.240 e. The Morgan fingerprint density at radius 1 is 1.33 bits per heavy atom. The fraction of sp³-hybridized carbons (Fsp3) is 0.500. The Balaban J connectivity index is 2.95. The van der Waals surface area contributed by atoms with Crippen molar-refractivity contribution in [1.82, 2.24) is 4.72 Å². The lowest BCUT2D eigenvalue weighted by molar-refractivity contribution is 0.204. The van der Waals surface area contributed by atoms with Crippen molar-refractivity contribution in [2.45, 2.75) is 24.1 Å². The lowest BCUT2D eigenvalue weighted by Crippen LogP contribution is -2.27. The van der Waals surface area contributed by atoms with E-state index < -0.39 is 10.0 Å². The molecule has 0 amide bonds. The molecule has 0 spiro atoms. The molecule has 0 saturated carbocycles. The monoisotopic (exact) mass is 291 g/mol. The molecule has 1 aromatic carbocycles. The van der Waals surface area contributed by atoms with E-state index in [4.69, 9.17) is 16.3 Å². The summed E-state index contributed by atoms with van der Waals surface area (Å²) in [4.78, 5) is 0.242. The number of ether oxygens (including phenoxy) is 1. The molecule has 0 bridgehead atoms. The van der Waals surface area contributed by atoms with Gasteiger partial charge in [0, 0.05) is 19.5 Å². The second-order valence-corrected chi connectivity index (χ2v) is 5.84. The molecule has 0 saturated heterocycles. The predicted molar refractivity (Wildman–Crippen MR) is 72.4 cm³/mol. The van der Waals surface area contributed by atoms with Crippen LogP contribution in [0.2, 0.25) is 0 Å². The van der Waals surface area contributed by atoms with Crippen molar-refractivity contribution >= 4 is 21.6 Å². The van der Waals surface area contributed by atoms with Crippen LogP contribution in [-0.2, 0) is 27.1 Å². The fourth-order valence-electron chi connectivity index (χ4n) is 1.60. The van der Waals surface area contributed by atoms with Gasteiger partial charge in [0.05, 0.1) is 11.5 Å². The molecule has 0 aliphatic rings. The molecule has 0 heterocycles. The lowest BCUT2D eigenvalue weighted by Gasteiger charge is -2.10. The molecule has 0 aliphatic carbocycles. The molecule has 0 unspecified atom stereocenters. The third-order valence-electron chi connectivity index (χ3n) is 2.61. The third-order valence-corrected chi connectivity index (χ3v) is 4.36. The largest absolute Gasteiger partial charge is 0.383 e. The zero-order chi connectivity index (χ0) is 13.6. The van der Waals surface area contributed by atoms with Gasteiger partial charge in [0.25, 0.3) is 0 Å². The van der Waals surface area contributed by atoms with Crippen LogP contribution in [0, 0.1) is 0 Å². The topological polar surface area (TPSA) is 55.4 Å². The van der Waals surface area contributed by atoms with Crippen LogP contribution in [0.15, 0.2) is 23.1 Å². The van der Waals surface area contributed by atoms with Crippen molar-refractivity contribution in [1.29, 1.82) is 0 Å². The SMILES string of the molecule is CCc1ccc(S(=O)(=O)NCCOC)cc1CCl. The van der Waals surface area contributed by atoms with Crippen LogP contribution in [0.4, 0.5) is 0 Å². The Morgan fingerprint density at radius 2 is 2.06 bits per heavy atom. The average molecular weight is 292 g/mol. The van der Waals surface area contributed by atoms with Gasteiger partial charge in [-0.15, -0.1) is 11.6 Å². The number of aryl methyl sites for hydroxylation is 1. The summed E-state index contributed by atoms with van der Waals surface area (Å²) in [5, 5.41) is 0. The van der Waals surface area contributed by atoms with Crippen molar-refractivity contribution in [2.75, 3.05) is 20.3 Å². The van der Waals surface area contributed by atoms with Crippen molar-refractivity contribution < 1.29 is 13.2 Å². The normalized spacial score (nSPS) is 11.7. The van der Waals surface area contributed by atoms with Gasteiger partial charge < -0.3 is 4.74 Å². The van der Waals surface area contributed by atoms with Gasteiger partial charge in [-0.2, -0.15) is 0 Å². The highest BCUT2D eigenvalue weighted by Gasteiger charge is 2.14. The third kappa shape index (κ3) is 3.95. The first kappa shape index (κ1) is 15.4. The molecule has 6 heteroatoms. The Bertz CT molecular complexity index is 488. The minimum atomic E-state index is -3.48. The highest BCUT2D eigenvalue weighted by molar-refractivity contribution is 7.89. The molecule has 0 atom stereocenters. The number of rotatable bonds is 7. The summed E-state index contributed by atoms with van der Waals surface area (Å²) in [6.45, 7) is 2.61. The molecule has 1 aromatic rings. The summed E-state index contributed by atoms with van der Waals surface area (Å²) >= 11 is 5.82. The molecule has 0 radical (unpaired) electrons. The van der Waals surface area contributed by atoms with E-state index in [1.807, 2.05) is 13.0 Å². The van der Waals surface area contributed by atoms with Crippen molar-refractivity contribution in [3.8, 4) is 0 Å². The average Bonchev–Trinajstić information content (AvgIpc) is 2.38. The summed E-state index contributed by atoms with van der Waals surface area (Å²) in [5.41, 5.74) is 1.93. The molecule has 1 N–H and O–H groups in total. The Hall–Kier alpha value is -0.620. The zero-order valence-electron chi connectivity index (χ0n) is 10.6. The van der Waals surface area contributed by atoms with Gasteiger partial charge in [0.15, 0.2) is 0 Å². The summed E-state index contributed by atoms with van der Waals surface area (Å²) in [6.07, 6.45) is 0.833. The lowest BCUT2D eigenvalue weighted by atomic mass is 10.1. The van der Waals surface area contributed by atoms with E-state index in [1.165, 1.54) is 7.11 Å². The van der Waals surface area contributed by atoms with E-state index in [9.17, 15) is 8.42 Å². The molecule has 4 nitrogen and oxygen atoms in total. The van der Waals surface area contributed by atoms with Gasteiger partial charge in [0.2, 0.25) is 10.0 Å². The van der Waals surface area contributed by atoms with Gasteiger partial charge in [0.1, 0.15) is 0 Å². The van der Waals surface area contributed by atoms with Crippen LogP contribution in [0.3, 0.4) is 0 Å². The number of hydrogen-bond donors (Lipinski definition) is 1. The molecule has 0 aromatic heterocycles. The Morgan fingerprint density at radius 3 is 2.61 bits per heavy atom. The fourth-order valence-corrected chi connectivity index (χ4v) is 2.91. The van der Waals surface area contributed by atoms with E-state index >= 15 is 0 Å². The van der Waals surface area contributed by atoms with E-state index in [0.29, 0.717) is 12.5 Å². The van der Waals surface area contributed by atoms with E-state index in [2.05, 4.69) is 4.72 Å². The maximum absolute atomic E-state index is 12.0. The minimum absolute atomic E-state index is 0.242. The molecule has 18 heavy (non-hydrogen) atoms. The number of nitrogens with one attached hydrogen (secondary N) is 1. The summed E-state index contributed by atoms with van der Waals surface area (Å²) < 4.78 is 31.2. The van der Waals surface area contributed by atoms with Gasteiger partial charge in [-0.1, -0.05) is 13.0 Å². The van der Waals surface area contributed by atoms with Crippen molar-refractivity contribution in [3.05, 3.63) is 29.3 Å². The first-order valence-corrected chi connectivity index (χ1v) is 7.73. The highest BCUT2D eigenvalue weighted by atomic mass is 35.5. The molecule has 1 rings (SSSR count). The van der Waals surface area contributed by atoms with E-state index in [1.54, 1.807) is 12.1 Å². The maximum atomic E-state index is 12.0. The van der Waals surface area contributed by atoms with Gasteiger partial charge >= 0.3 is 0 Å². The zero-order valence-corrected chi connectivity index (χ0v) is 12.1. The Labute approximate surface area is 113 Å². The number of hydrogen-bond acceptors (Lipinski definition) is 3. The van der Waals surface area contributed by atoms with Gasteiger partial charge in [-0.25, -0.2) is 13.1 Å². The molecule has 0 fully saturated rings. The summed E-state index contributed by atoms with van der Waals surface area (Å²) in [5.74, 6) is 0.310. The molecular weight excluding hydrogens is 274 g/mol. The molecular formula is C12H18ClNO3S. The number of halogens is 1. The number of sulfonamides is 1. The second kappa shape index (κ2) is 7.09. The van der Waals surface area contributed by atoms with Crippen LogP contribution in [0.5, 0.6) is 0 Å². The van der Waals surface area contributed by atoms with Gasteiger partial charge in [-0.3, -0.25) is 0 Å². The standard InChI is InChI=1S/C12H18ClNO3S/c1-3-10-4-5-12(8-11(10)9-13)18(15,16)14-6-7-17-2/h4-5,8,14H,3,6-7,9H2,1-2H3. The second-order valence-electron chi connectivity index (χ2n) is 3.81. The first-order chi connectivity index (χ1) is 8.55. The summed E-state index contributed by atoms with van der Waals surface area (Å²) in [7, 11) is -1.95. The van der Waals surface area contributed by atoms with Crippen LogP contribution in [0.1, 0.15) is 18.1 Å². The van der Waals surface area contributed by atoms with Gasteiger partial charge in [-0.05, 0) is 29.7 Å². The first-order valence-electron chi connectivity index (χ1n) is 5.71. The van der Waals surface area contributed by atoms with Crippen molar-refractivity contribution in [2.24, 2.45) is 0 Å². The predicted octanol–water partition coefficient (Wildman–Crippen LogP) is 1.91. The smallest absolute Gasteiger partial charge is 0.240 e. The molecule has 102 valence electrons. The van der Waals surface area contributed by atoms with Crippen LogP contribution < -0.4 is 4.72 Å². The minimum Gasteiger partial charge on any atom is -0.383 e.